The molecule has 5 heteroatoms. The molecule has 0 spiro atoms. The summed E-state index contributed by atoms with van der Waals surface area (Å²) in [6.45, 7) is 3.84. The molecule has 1 aromatic heterocycles. The van der Waals surface area contributed by atoms with E-state index in [1.807, 2.05) is 38.1 Å². The minimum Gasteiger partial charge on any atom is -0.465 e. The molecule has 2 rings (SSSR count). The monoisotopic (exact) mass is 307 g/mol. The van der Waals surface area contributed by atoms with Crippen LogP contribution >= 0.6 is 23.4 Å². The first kappa shape index (κ1) is 14.9. The molecular weight excluding hydrogens is 294 g/mol. The highest BCUT2D eigenvalue weighted by molar-refractivity contribution is 7.99. The fourth-order valence-electron chi connectivity index (χ4n) is 1.74. The van der Waals surface area contributed by atoms with Crippen LogP contribution in [0.1, 0.15) is 21.5 Å². The Balaban J connectivity index is 2.35. The SMILES string of the molecule is COC(=O)c1cnc(Sc2cccc(Cl)c2)c(C)c1C. The Bertz CT molecular complexity index is 658. The van der Waals surface area contributed by atoms with Crippen LogP contribution < -0.4 is 0 Å². The number of aromatic nitrogens is 1. The normalized spacial score (nSPS) is 10.4. The van der Waals surface area contributed by atoms with E-state index in [0.717, 1.165) is 21.0 Å². The van der Waals surface area contributed by atoms with Gasteiger partial charge in [-0.25, -0.2) is 9.78 Å². The van der Waals surface area contributed by atoms with Crippen molar-refractivity contribution in [3.8, 4) is 0 Å². The Labute approximate surface area is 127 Å². The van der Waals surface area contributed by atoms with Crippen molar-refractivity contribution in [2.75, 3.05) is 7.11 Å². The first-order valence-electron chi connectivity index (χ1n) is 6.01. The average Bonchev–Trinajstić information content (AvgIpc) is 2.43. The average molecular weight is 308 g/mol. The predicted molar refractivity (Wildman–Crippen MR) is 80.6 cm³/mol. The van der Waals surface area contributed by atoms with Gasteiger partial charge in [0.2, 0.25) is 0 Å². The minimum atomic E-state index is -0.364. The van der Waals surface area contributed by atoms with Crippen LogP contribution in [0.5, 0.6) is 0 Å². The molecule has 0 atom stereocenters. The highest BCUT2D eigenvalue weighted by atomic mass is 35.5. The number of hydrogen-bond donors (Lipinski definition) is 0. The fraction of sp³-hybridized carbons (Fsp3) is 0.200. The van der Waals surface area contributed by atoms with Crippen molar-refractivity contribution in [2.24, 2.45) is 0 Å². The lowest BCUT2D eigenvalue weighted by Crippen LogP contribution is -2.06. The van der Waals surface area contributed by atoms with Crippen LogP contribution in [0, 0.1) is 13.8 Å². The van der Waals surface area contributed by atoms with E-state index in [1.165, 1.54) is 18.9 Å². The van der Waals surface area contributed by atoms with E-state index < -0.39 is 0 Å². The lowest BCUT2D eigenvalue weighted by atomic mass is 10.1. The summed E-state index contributed by atoms with van der Waals surface area (Å²) in [5.41, 5.74) is 2.36. The zero-order valence-corrected chi connectivity index (χ0v) is 13.0. The van der Waals surface area contributed by atoms with E-state index >= 15 is 0 Å². The van der Waals surface area contributed by atoms with Crippen molar-refractivity contribution < 1.29 is 9.53 Å². The Morgan fingerprint density at radius 3 is 2.70 bits per heavy atom. The van der Waals surface area contributed by atoms with Crippen LogP contribution in [0.3, 0.4) is 0 Å². The lowest BCUT2D eigenvalue weighted by molar-refractivity contribution is 0.0599. The summed E-state index contributed by atoms with van der Waals surface area (Å²) in [5.74, 6) is -0.364. The zero-order chi connectivity index (χ0) is 14.7. The molecule has 0 unspecified atom stereocenters. The number of hydrogen-bond acceptors (Lipinski definition) is 4. The summed E-state index contributed by atoms with van der Waals surface area (Å²) < 4.78 is 4.74. The quantitative estimate of drug-likeness (QED) is 0.793. The number of rotatable bonds is 3. The number of ether oxygens (including phenoxy) is 1. The number of halogens is 1. The number of pyridine rings is 1. The summed E-state index contributed by atoms with van der Waals surface area (Å²) in [6.07, 6.45) is 1.56. The molecule has 0 aliphatic rings. The van der Waals surface area contributed by atoms with Crippen molar-refractivity contribution in [1.29, 1.82) is 0 Å². The van der Waals surface area contributed by atoms with Crippen LogP contribution in [0.15, 0.2) is 40.4 Å². The summed E-state index contributed by atoms with van der Waals surface area (Å²) >= 11 is 7.50. The van der Waals surface area contributed by atoms with Gasteiger partial charge in [0.1, 0.15) is 5.03 Å². The first-order chi connectivity index (χ1) is 9.52. The molecule has 0 amide bonds. The summed E-state index contributed by atoms with van der Waals surface area (Å²) in [6, 6.07) is 7.59. The van der Waals surface area contributed by atoms with Crippen LogP contribution in [0.2, 0.25) is 5.02 Å². The lowest BCUT2D eigenvalue weighted by Gasteiger charge is -2.11. The van der Waals surface area contributed by atoms with Crippen molar-refractivity contribution in [3.63, 3.8) is 0 Å². The van der Waals surface area contributed by atoms with Crippen LogP contribution in [0.4, 0.5) is 0 Å². The molecule has 0 saturated heterocycles. The summed E-state index contributed by atoms with van der Waals surface area (Å²) in [4.78, 5) is 17.0. The third-order valence-corrected chi connectivity index (χ3v) is 4.34. The number of benzene rings is 1. The molecule has 2 aromatic rings. The standard InChI is InChI=1S/C15H14ClNO2S/c1-9-10(2)14(17-8-13(9)15(18)19-3)20-12-6-4-5-11(16)7-12/h4-8H,1-3H3. The molecule has 1 aromatic carbocycles. The van der Waals surface area contributed by atoms with Crippen molar-refractivity contribution >= 4 is 29.3 Å². The first-order valence-corrected chi connectivity index (χ1v) is 7.20. The van der Waals surface area contributed by atoms with Gasteiger partial charge in [0.25, 0.3) is 0 Å². The van der Waals surface area contributed by atoms with Crippen molar-refractivity contribution in [1.82, 2.24) is 4.98 Å². The molecule has 20 heavy (non-hydrogen) atoms. The number of carbonyl (C=O) groups excluding carboxylic acids is 1. The maximum atomic E-state index is 11.6. The van der Waals surface area contributed by atoms with Crippen molar-refractivity contribution in [3.05, 3.63) is 52.2 Å². The van der Waals surface area contributed by atoms with Gasteiger partial charge in [-0.05, 0) is 43.2 Å². The Kier molecular flexibility index (Phi) is 4.68. The second-order valence-electron chi connectivity index (χ2n) is 4.28. The highest BCUT2D eigenvalue weighted by Crippen LogP contribution is 2.32. The molecule has 0 fully saturated rings. The molecular formula is C15H14ClNO2S. The van der Waals surface area contributed by atoms with Crippen molar-refractivity contribution in [2.45, 2.75) is 23.8 Å². The van der Waals surface area contributed by atoms with E-state index in [1.54, 1.807) is 6.20 Å². The molecule has 0 saturated carbocycles. The Morgan fingerprint density at radius 2 is 2.05 bits per heavy atom. The molecule has 1 heterocycles. The maximum absolute atomic E-state index is 11.6. The number of methoxy groups -OCH3 is 1. The fourth-order valence-corrected chi connectivity index (χ4v) is 2.96. The van der Waals surface area contributed by atoms with Gasteiger partial charge in [0.05, 0.1) is 12.7 Å². The van der Waals surface area contributed by atoms with Crippen LogP contribution in [-0.2, 0) is 4.74 Å². The number of nitrogens with zero attached hydrogens (tertiary/aromatic N) is 1. The predicted octanol–water partition coefficient (Wildman–Crippen LogP) is 4.29. The highest BCUT2D eigenvalue weighted by Gasteiger charge is 2.15. The van der Waals surface area contributed by atoms with Gasteiger partial charge in [0.15, 0.2) is 0 Å². The van der Waals surface area contributed by atoms with Gasteiger partial charge < -0.3 is 4.74 Å². The van der Waals surface area contributed by atoms with E-state index in [0.29, 0.717) is 10.6 Å². The van der Waals surface area contributed by atoms with Crippen LogP contribution in [-0.4, -0.2) is 18.1 Å². The van der Waals surface area contributed by atoms with Gasteiger partial charge >= 0.3 is 5.97 Å². The maximum Gasteiger partial charge on any atom is 0.339 e. The second kappa shape index (κ2) is 6.29. The smallest absolute Gasteiger partial charge is 0.339 e. The third kappa shape index (κ3) is 3.14. The van der Waals surface area contributed by atoms with E-state index in [-0.39, 0.29) is 5.97 Å². The molecule has 104 valence electrons. The Hall–Kier alpha value is -1.52. The summed E-state index contributed by atoms with van der Waals surface area (Å²) in [5, 5.41) is 1.55. The molecule has 0 bridgehead atoms. The third-order valence-electron chi connectivity index (χ3n) is 3.01. The number of carbonyl (C=O) groups is 1. The zero-order valence-electron chi connectivity index (χ0n) is 11.4. The van der Waals surface area contributed by atoms with E-state index in [2.05, 4.69) is 4.98 Å². The Morgan fingerprint density at radius 1 is 1.30 bits per heavy atom. The number of esters is 1. The summed E-state index contributed by atoms with van der Waals surface area (Å²) in [7, 11) is 1.37. The van der Waals surface area contributed by atoms with Gasteiger partial charge in [-0.1, -0.05) is 29.4 Å². The largest absolute Gasteiger partial charge is 0.465 e. The van der Waals surface area contributed by atoms with E-state index in [9.17, 15) is 4.79 Å². The minimum absolute atomic E-state index is 0.364. The molecule has 0 radical (unpaired) electrons. The van der Waals surface area contributed by atoms with E-state index in [4.69, 9.17) is 16.3 Å². The molecule has 0 N–H and O–H groups in total. The second-order valence-corrected chi connectivity index (χ2v) is 5.78. The van der Waals surface area contributed by atoms with Crippen LogP contribution in [0.25, 0.3) is 0 Å². The topological polar surface area (TPSA) is 39.2 Å². The van der Waals surface area contributed by atoms with Gasteiger partial charge in [0, 0.05) is 16.1 Å². The van der Waals surface area contributed by atoms with Gasteiger partial charge in [-0.2, -0.15) is 0 Å². The molecule has 0 aliphatic heterocycles. The molecule has 0 aliphatic carbocycles. The molecule has 3 nitrogen and oxygen atoms in total. The van der Waals surface area contributed by atoms with Gasteiger partial charge in [-0.3, -0.25) is 0 Å². The van der Waals surface area contributed by atoms with Gasteiger partial charge in [-0.15, -0.1) is 0 Å².